The molecule has 4 rings (SSSR count). The molecule has 1 amide bonds. The molecule has 28 heavy (non-hydrogen) atoms. The van der Waals surface area contributed by atoms with E-state index in [0.29, 0.717) is 16.4 Å². The van der Waals surface area contributed by atoms with Gasteiger partial charge in [0.15, 0.2) is 0 Å². The van der Waals surface area contributed by atoms with Gasteiger partial charge in [0, 0.05) is 10.0 Å². The molecule has 2 heterocycles. The Morgan fingerprint density at radius 2 is 1.75 bits per heavy atom. The fraction of sp³-hybridized carbons (Fsp3) is 0.100. The van der Waals surface area contributed by atoms with E-state index in [0.717, 1.165) is 26.4 Å². The Bertz CT molecular complexity index is 1140. The van der Waals surface area contributed by atoms with E-state index in [1.807, 2.05) is 68.4 Å². The fourth-order valence-corrected chi connectivity index (χ4v) is 3.94. The van der Waals surface area contributed by atoms with Crippen LogP contribution in [0.3, 0.4) is 0 Å². The van der Waals surface area contributed by atoms with E-state index in [-0.39, 0.29) is 5.91 Å². The Morgan fingerprint density at radius 3 is 2.46 bits per heavy atom. The fourth-order valence-electron chi connectivity index (χ4n) is 2.94. The first-order valence-corrected chi connectivity index (χ1v) is 10.2. The summed E-state index contributed by atoms with van der Waals surface area (Å²) in [5.41, 5.74) is 3.83. The second-order valence-corrected chi connectivity index (χ2v) is 8.06. The van der Waals surface area contributed by atoms with Crippen molar-refractivity contribution >= 4 is 38.3 Å². The highest BCUT2D eigenvalue weighted by molar-refractivity contribution is 9.10. The van der Waals surface area contributed by atoms with Gasteiger partial charge in [0.05, 0.1) is 22.6 Å². The summed E-state index contributed by atoms with van der Waals surface area (Å²) < 4.78 is 2.76. The smallest absolute Gasteiger partial charge is 0.261 e. The van der Waals surface area contributed by atoms with Crippen LogP contribution >= 0.6 is 27.3 Å². The molecular formula is C20H16BrN5OS. The summed E-state index contributed by atoms with van der Waals surface area (Å²) >= 11 is 4.77. The number of carbonyl (C=O) groups excluding carboxylic acids is 1. The predicted octanol–water partition coefficient (Wildman–Crippen LogP) is 5.02. The van der Waals surface area contributed by atoms with Gasteiger partial charge in [0.1, 0.15) is 5.01 Å². The Kier molecular flexibility index (Phi) is 5.06. The summed E-state index contributed by atoms with van der Waals surface area (Å²) in [5, 5.41) is 16.9. The predicted molar refractivity (Wildman–Crippen MR) is 114 cm³/mol. The van der Waals surface area contributed by atoms with Crippen molar-refractivity contribution in [2.75, 3.05) is 5.32 Å². The number of aryl methyl sites for hydroxylation is 1. The van der Waals surface area contributed by atoms with Crippen LogP contribution in [0.2, 0.25) is 0 Å². The highest BCUT2D eigenvalue weighted by Crippen LogP contribution is 2.27. The molecule has 0 aliphatic rings. The summed E-state index contributed by atoms with van der Waals surface area (Å²) in [6, 6.07) is 17.5. The number of carbonyl (C=O) groups is 1. The van der Waals surface area contributed by atoms with Crippen LogP contribution in [-0.4, -0.2) is 25.9 Å². The minimum absolute atomic E-state index is 0.242. The maximum Gasteiger partial charge on any atom is 0.261 e. The molecule has 0 bridgehead atoms. The number of rotatable bonds is 4. The van der Waals surface area contributed by atoms with Crippen molar-refractivity contribution in [3.05, 3.63) is 76.0 Å². The molecule has 4 aromatic rings. The second kappa shape index (κ2) is 7.65. The molecule has 0 saturated heterocycles. The summed E-state index contributed by atoms with van der Waals surface area (Å²) in [4.78, 5) is 12.9. The quantitative estimate of drug-likeness (QED) is 0.470. The lowest BCUT2D eigenvalue weighted by atomic mass is 10.2. The first-order chi connectivity index (χ1) is 13.5. The van der Waals surface area contributed by atoms with Crippen LogP contribution in [0.15, 0.2) is 59.1 Å². The summed E-state index contributed by atoms with van der Waals surface area (Å²) in [5.74, 6) is -0.242. The molecule has 2 aromatic carbocycles. The van der Waals surface area contributed by atoms with Crippen LogP contribution in [0.1, 0.15) is 21.7 Å². The molecule has 0 atom stereocenters. The van der Waals surface area contributed by atoms with Crippen LogP contribution in [0.5, 0.6) is 0 Å². The zero-order chi connectivity index (χ0) is 19.7. The molecule has 2 aromatic heterocycles. The average Bonchev–Trinajstić information content (AvgIpc) is 3.27. The number of anilines is 1. The lowest BCUT2D eigenvalue weighted by Crippen LogP contribution is -2.14. The second-order valence-electron chi connectivity index (χ2n) is 6.17. The summed E-state index contributed by atoms with van der Waals surface area (Å²) in [6.07, 6.45) is 0. The van der Waals surface area contributed by atoms with Crippen molar-refractivity contribution in [1.29, 1.82) is 0 Å². The molecule has 0 spiro atoms. The summed E-state index contributed by atoms with van der Waals surface area (Å²) in [6.45, 7) is 3.71. The van der Waals surface area contributed by atoms with Gasteiger partial charge in [-0.1, -0.05) is 57.6 Å². The first kappa shape index (κ1) is 18.5. The van der Waals surface area contributed by atoms with E-state index in [1.165, 1.54) is 11.3 Å². The van der Waals surface area contributed by atoms with Crippen LogP contribution in [0, 0.1) is 13.8 Å². The molecule has 8 heteroatoms. The van der Waals surface area contributed by atoms with Gasteiger partial charge >= 0.3 is 0 Å². The Balaban J connectivity index is 1.59. The number of benzene rings is 2. The van der Waals surface area contributed by atoms with Crippen molar-refractivity contribution in [1.82, 2.24) is 20.0 Å². The van der Waals surface area contributed by atoms with E-state index in [2.05, 4.69) is 36.5 Å². The molecule has 0 fully saturated rings. The number of amides is 1. The largest absolute Gasteiger partial charge is 0.296 e. The van der Waals surface area contributed by atoms with Crippen molar-refractivity contribution < 1.29 is 4.79 Å². The first-order valence-electron chi connectivity index (χ1n) is 8.55. The SMILES string of the molecule is Cc1nn(-c2ccc(Br)cc2)c(C)c1C(=O)Nc1nnc(-c2ccccc2)s1. The monoisotopic (exact) mass is 453 g/mol. The van der Waals surface area contributed by atoms with Gasteiger partial charge in [0.25, 0.3) is 5.91 Å². The van der Waals surface area contributed by atoms with Gasteiger partial charge in [-0.3, -0.25) is 10.1 Å². The van der Waals surface area contributed by atoms with Gasteiger partial charge in [-0.25, -0.2) is 4.68 Å². The van der Waals surface area contributed by atoms with Gasteiger partial charge in [-0.05, 0) is 38.1 Å². The van der Waals surface area contributed by atoms with Crippen molar-refractivity contribution in [3.63, 3.8) is 0 Å². The highest BCUT2D eigenvalue weighted by atomic mass is 79.9. The molecule has 6 nitrogen and oxygen atoms in total. The third-order valence-corrected chi connectivity index (χ3v) is 5.67. The molecule has 0 saturated carbocycles. The maximum absolute atomic E-state index is 12.9. The lowest BCUT2D eigenvalue weighted by Gasteiger charge is -2.05. The normalized spacial score (nSPS) is 10.8. The van der Waals surface area contributed by atoms with Gasteiger partial charge in [0.2, 0.25) is 5.13 Å². The van der Waals surface area contributed by atoms with E-state index in [1.54, 1.807) is 4.68 Å². The van der Waals surface area contributed by atoms with E-state index in [9.17, 15) is 4.79 Å². The Hall–Kier alpha value is -2.84. The van der Waals surface area contributed by atoms with E-state index in [4.69, 9.17) is 0 Å². The van der Waals surface area contributed by atoms with Crippen molar-refractivity contribution in [2.24, 2.45) is 0 Å². The van der Waals surface area contributed by atoms with Crippen LogP contribution < -0.4 is 5.32 Å². The van der Waals surface area contributed by atoms with Gasteiger partial charge in [-0.15, -0.1) is 10.2 Å². The number of halogens is 1. The van der Waals surface area contributed by atoms with E-state index >= 15 is 0 Å². The molecule has 0 unspecified atom stereocenters. The zero-order valence-electron chi connectivity index (χ0n) is 15.2. The highest BCUT2D eigenvalue weighted by Gasteiger charge is 2.21. The zero-order valence-corrected chi connectivity index (χ0v) is 17.6. The van der Waals surface area contributed by atoms with Crippen molar-refractivity contribution in [2.45, 2.75) is 13.8 Å². The molecular weight excluding hydrogens is 438 g/mol. The number of aromatic nitrogens is 4. The lowest BCUT2D eigenvalue weighted by molar-refractivity contribution is 0.102. The third-order valence-electron chi connectivity index (χ3n) is 4.26. The van der Waals surface area contributed by atoms with Crippen molar-refractivity contribution in [3.8, 4) is 16.3 Å². The Labute approximate surface area is 174 Å². The molecule has 0 radical (unpaired) electrons. The minimum atomic E-state index is -0.242. The maximum atomic E-state index is 12.9. The van der Waals surface area contributed by atoms with E-state index < -0.39 is 0 Å². The van der Waals surface area contributed by atoms with Gasteiger partial charge < -0.3 is 0 Å². The number of nitrogens with one attached hydrogen (secondary N) is 1. The number of nitrogens with zero attached hydrogens (tertiary/aromatic N) is 4. The molecule has 0 aliphatic heterocycles. The topological polar surface area (TPSA) is 72.7 Å². The van der Waals surface area contributed by atoms with Gasteiger partial charge in [-0.2, -0.15) is 5.10 Å². The molecule has 140 valence electrons. The molecule has 1 N–H and O–H groups in total. The number of hydrogen-bond acceptors (Lipinski definition) is 5. The van der Waals surface area contributed by atoms with Crippen LogP contribution in [-0.2, 0) is 0 Å². The minimum Gasteiger partial charge on any atom is -0.296 e. The standard InChI is InChI=1S/C20H16BrN5OS/c1-12-17(13(2)26(25-12)16-10-8-15(21)9-11-16)18(27)22-20-24-23-19(28-20)14-6-4-3-5-7-14/h3-11H,1-2H3,(H,22,24,27). The molecule has 0 aliphatic carbocycles. The third kappa shape index (κ3) is 3.61. The average molecular weight is 454 g/mol. The summed E-state index contributed by atoms with van der Waals surface area (Å²) in [7, 11) is 0. The van der Waals surface area contributed by atoms with Crippen LogP contribution in [0.4, 0.5) is 5.13 Å². The van der Waals surface area contributed by atoms with Crippen LogP contribution in [0.25, 0.3) is 16.3 Å². The number of hydrogen-bond donors (Lipinski definition) is 1. The Morgan fingerprint density at radius 1 is 1.04 bits per heavy atom.